The third-order valence-electron chi connectivity index (χ3n) is 9.88. The summed E-state index contributed by atoms with van der Waals surface area (Å²) in [6.45, 7) is 11.1. The molecule has 9 rings (SSSR count). The van der Waals surface area contributed by atoms with Crippen LogP contribution < -0.4 is 0 Å². The maximum absolute atomic E-state index is 6.10. The van der Waals surface area contributed by atoms with E-state index in [0.717, 1.165) is 56.6 Å². The van der Waals surface area contributed by atoms with Gasteiger partial charge in [0, 0.05) is 49.0 Å². The number of nitrogens with zero attached hydrogens (tertiary/aromatic N) is 4. The zero-order chi connectivity index (χ0) is 33.7. The molecule has 1 aliphatic carbocycles. The summed E-state index contributed by atoms with van der Waals surface area (Å²) in [6, 6.07) is 34.0. The van der Waals surface area contributed by atoms with Crippen molar-refractivity contribution < 1.29 is 24.5 Å². The molecule has 1 unspecified atom stereocenters. The summed E-state index contributed by atoms with van der Waals surface area (Å²) in [5, 5.41) is 2.12. The first-order chi connectivity index (χ1) is 23.7. The van der Waals surface area contributed by atoms with Gasteiger partial charge in [0.15, 0.2) is 0 Å². The van der Waals surface area contributed by atoms with Crippen LogP contribution in [0.25, 0.3) is 61.3 Å². The minimum Gasteiger partial charge on any atom is -0.486 e. The Balaban J connectivity index is 0.000000154. The number of para-hydroxylation sites is 1. The van der Waals surface area contributed by atoms with E-state index in [1.807, 2.05) is 49.5 Å². The number of imidazole rings is 1. The van der Waals surface area contributed by atoms with Gasteiger partial charge in [-0.2, -0.15) is 0 Å². The summed E-state index contributed by atoms with van der Waals surface area (Å²) in [5.41, 5.74) is 12.1. The van der Waals surface area contributed by atoms with Crippen LogP contribution >= 0.6 is 0 Å². The zero-order valence-corrected chi connectivity index (χ0v) is 31.8. The van der Waals surface area contributed by atoms with Gasteiger partial charge in [0.1, 0.15) is 0 Å². The van der Waals surface area contributed by atoms with Crippen molar-refractivity contribution in [1.82, 2.24) is 19.5 Å². The largest absolute Gasteiger partial charge is 0.486 e. The van der Waals surface area contributed by atoms with E-state index in [0.29, 0.717) is 17.7 Å². The van der Waals surface area contributed by atoms with Crippen molar-refractivity contribution in [3.05, 3.63) is 120 Å². The van der Waals surface area contributed by atoms with Crippen LogP contribution in [0.5, 0.6) is 0 Å². The van der Waals surface area contributed by atoms with E-state index in [-0.39, 0.29) is 25.5 Å². The number of rotatable bonds is 4. The topological polar surface area (TPSA) is 56.7 Å². The second kappa shape index (κ2) is 13.7. The van der Waals surface area contributed by atoms with Crippen LogP contribution in [0.15, 0.2) is 95.6 Å². The summed E-state index contributed by atoms with van der Waals surface area (Å²) >= 11 is 0. The molecule has 1 aliphatic heterocycles. The summed E-state index contributed by atoms with van der Waals surface area (Å²) in [4.78, 5) is 14.1. The number of pyridine rings is 2. The van der Waals surface area contributed by atoms with Gasteiger partial charge in [-0.15, -0.1) is 54.1 Å². The van der Waals surface area contributed by atoms with Crippen LogP contribution in [-0.2, 0) is 20.1 Å². The second-order valence-electron chi connectivity index (χ2n) is 14.9. The monoisotopic (exact) mass is 835 g/mol. The Morgan fingerprint density at radius 3 is 2.52 bits per heavy atom. The minimum atomic E-state index is 0. The Hall–Kier alpha value is -4.38. The number of hydrogen-bond acceptors (Lipinski definition) is 4. The second-order valence-corrected chi connectivity index (χ2v) is 14.9. The van der Waals surface area contributed by atoms with E-state index in [4.69, 9.17) is 9.40 Å². The van der Waals surface area contributed by atoms with Crippen molar-refractivity contribution >= 4 is 38.7 Å². The molecule has 7 aromatic rings. The Labute approximate surface area is 308 Å². The number of hydrogen-bond donors (Lipinski definition) is 0. The fourth-order valence-corrected chi connectivity index (χ4v) is 7.71. The molecule has 3 aromatic carbocycles. The summed E-state index contributed by atoms with van der Waals surface area (Å²) in [6.07, 6.45) is 10.6. The SMILES string of the molecule is CC1C=C(CC(C)(C)C)c2cccc3nc(-c4[c-]cccc4)n1c23.Cc1ccc2c(n1)oc1c(-c3cc(C4CCCC4)ccn3)[c-]ccc12.[Ir]. The molecular weight excluding hydrogens is 793 g/mol. The molecule has 1 atom stereocenters. The average molecular weight is 835 g/mol. The van der Waals surface area contributed by atoms with Gasteiger partial charge in [0.2, 0.25) is 5.71 Å². The predicted octanol–water partition coefficient (Wildman–Crippen LogP) is 11.7. The van der Waals surface area contributed by atoms with Crippen LogP contribution in [0.1, 0.15) is 88.6 Å². The molecule has 1 radical (unpaired) electrons. The number of furan rings is 1. The van der Waals surface area contributed by atoms with Crippen LogP contribution in [0, 0.1) is 24.5 Å². The van der Waals surface area contributed by atoms with E-state index in [9.17, 15) is 0 Å². The number of fused-ring (bicyclic) bond motifs is 3. The van der Waals surface area contributed by atoms with Gasteiger partial charge >= 0.3 is 0 Å². The molecule has 1 fully saturated rings. The van der Waals surface area contributed by atoms with Gasteiger partial charge in [-0.25, -0.2) is 4.98 Å². The van der Waals surface area contributed by atoms with E-state index < -0.39 is 0 Å². The number of allylic oxidation sites excluding steroid dienone is 2. The maximum atomic E-state index is 6.10. The van der Waals surface area contributed by atoms with Gasteiger partial charge in [-0.3, -0.25) is 4.98 Å². The fraction of sp³-hybridized carbons (Fsp3) is 0.295. The van der Waals surface area contributed by atoms with Gasteiger partial charge in [0.25, 0.3) is 0 Å². The van der Waals surface area contributed by atoms with E-state index in [1.54, 1.807) is 0 Å². The molecule has 0 bridgehead atoms. The normalized spacial score (nSPS) is 15.9. The Morgan fingerprint density at radius 1 is 0.900 bits per heavy atom. The van der Waals surface area contributed by atoms with Gasteiger partial charge in [0.05, 0.1) is 22.4 Å². The van der Waals surface area contributed by atoms with Crippen molar-refractivity contribution in [1.29, 1.82) is 0 Å². The van der Waals surface area contributed by atoms with Gasteiger partial charge in [-0.05, 0) is 80.0 Å². The van der Waals surface area contributed by atoms with Crippen LogP contribution in [0.3, 0.4) is 0 Å². The van der Waals surface area contributed by atoms with Crippen molar-refractivity contribution in [2.45, 2.75) is 78.7 Å². The number of aromatic nitrogens is 4. The van der Waals surface area contributed by atoms with E-state index in [1.165, 1.54) is 47.9 Å². The average Bonchev–Trinajstić information content (AvgIpc) is 3.85. The molecule has 2 aliphatic rings. The molecule has 4 aromatic heterocycles. The summed E-state index contributed by atoms with van der Waals surface area (Å²) in [5.74, 6) is 1.68. The van der Waals surface area contributed by atoms with Crippen LogP contribution in [0.2, 0.25) is 0 Å². The van der Waals surface area contributed by atoms with Gasteiger partial charge in [-0.1, -0.05) is 74.4 Å². The smallest absolute Gasteiger partial charge is 0.216 e. The van der Waals surface area contributed by atoms with Gasteiger partial charge < -0.3 is 14.0 Å². The minimum absolute atomic E-state index is 0. The first kappa shape index (κ1) is 34.1. The molecule has 50 heavy (non-hydrogen) atoms. The number of benzene rings is 3. The molecule has 0 spiro atoms. The predicted molar refractivity (Wildman–Crippen MR) is 200 cm³/mol. The van der Waals surface area contributed by atoms with Crippen molar-refractivity contribution in [2.24, 2.45) is 5.41 Å². The zero-order valence-electron chi connectivity index (χ0n) is 29.4. The molecule has 1 saturated carbocycles. The van der Waals surface area contributed by atoms with Crippen LogP contribution in [-0.4, -0.2) is 19.5 Å². The molecule has 5 nitrogen and oxygen atoms in total. The van der Waals surface area contributed by atoms with E-state index >= 15 is 0 Å². The fourth-order valence-electron chi connectivity index (χ4n) is 7.71. The summed E-state index contributed by atoms with van der Waals surface area (Å²) in [7, 11) is 0. The maximum Gasteiger partial charge on any atom is 0.216 e. The van der Waals surface area contributed by atoms with E-state index in [2.05, 4.69) is 103 Å². The standard InChI is InChI=1S/C22H19N2O.C22H23N2.Ir/c1-14-9-10-18-17-7-4-8-19(21(17)25-22(18)24-14)20-13-16(11-12-23-20)15-5-2-3-6-15;1-15-13-17(14-22(2,3)4)18-11-8-12-19-20(18)24(15)21(23-19)16-9-6-5-7-10-16;/h4,7,9-13,15H,2-3,5-6H2,1H3;5-9,11-13,15H,14H2,1-4H3;/q2*-1;. The Kier molecular flexibility index (Phi) is 9.36. The third kappa shape index (κ3) is 6.47. The van der Waals surface area contributed by atoms with Crippen molar-refractivity contribution in [3.8, 4) is 22.6 Å². The summed E-state index contributed by atoms with van der Waals surface area (Å²) < 4.78 is 8.47. The number of aryl methyl sites for hydroxylation is 1. The molecule has 6 heteroatoms. The molecule has 255 valence electrons. The molecule has 0 saturated heterocycles. The third-order valence-corrected chi connectivity index (χ3v) is 9.88. The first-order valence-corrected chi connectivity index (χ1v) is 17.6. The van der Waals surface area contributed by atoms with Crippen molar-refractivity contribution in [3.63, 3.8) is 0 Å². The molecule has 0 amide bonds. The molecule has 0 N–H and O–H groups in total. The first-order valence-electron chi connectivity index (χ1n) is 17.6. The molecular formula is C44H42IrN4O-2. The quantitative estimate of drug-likeness (QED) is 0.166. The Bertz CT molecular complexity index is 2340. The van der Waals surface area contributed by atoms with Crippen molar-refractivity contribution in [2.75, 3.05) is 0 Å². The molecule has 5 heterocycles. The Morgan fingerprint density at radius 2 is 1.74 bits per heavy atom. The van der Waals surface area contributed by atoms with Crippen LogP contribution in [0.4, 0.5) is 0 Å².